The minimum atomic E-state index is -0.974. The normalized spacial score (nSPS) is 14.8. The van der Waals surface area contributed by atoms with Crippen molar-refractivity contribution in [2.45, 2.75) is 45.8 Å². The number of nitrogens with zero attached hydrogens (tertiary/aromatic N) is 1. The molecule has 2 atom stereocenters. The number of nitrogens with one attached hydrogen (secondary N) is 1. The van der Waals surface area contributed by atoms with E-state index in [2.05, 4.69) is 5.32 Å². The van der Waals surface area contributed by atoms with Gasteiger partial charge in [-0.15, -0.1) is 0 Å². The molecule has 2 unspecified atom stereocenters. The van der Waals surface area contributed by atoms with Crippen LogP contribution in [0.2, 0.25) is 0 Å². The van der Waals surface area contributed by atoms with Crippen molar-refractivity contribution < 1.29 is 23.9 Å². The van der Waals surface area contributed by atoms with E-state index in [1.165, 1.54) is 7.11 Å². The lowest BCUT2D eigenvalue weighted by Gasteiger charge is -2.31. The van der Waals surface area contributed by atoms with E-state index in [1.54, 1.807) is 36.1 Å². The first-order chi connectivity index (χ1) is 15.3. The molecule has 0 fully saturated rings. The van der Waals surface area contributed by atoms with E-state index >= 15 is 0 Å². The van der Waals surface area contributed by atoms with E-state index in [-0.39, 0.29) is 11.8 Å². The lowest BCUT2D eigenvalue weighted by Crippen LogP contribution is -2.49. The number of carbonyl (C=O) groups is 3. The quantitative estimate of drug-likeness (QED) is 0.670. The van der Waals surface area contributed by atoms with E-state index in [4.69, 9.17) is 9.47 Å². The smallest absolute Gasteiger partial charge is 0.329 e. The van der Waals surface area contributed by atoms with E-state index < -0.39 is 24.0 Å². The molecule has 7 nitrogen and oxygen atoms in total. The van der Waals surface area contributed by atoms with Gasteiger partial charge in [0.1, 0.15) is 11.8 Å². The molecule has 170 valence electrons. The summed E-state index contributed by atoms with van der Waals surface area (Å²) >= 11 is 0. The number of rotatable bonds is 7. The molecule has 0 spiro atoms. The highest BCUT2D eigenvalue weighted by Crippen LogP contribution is 2.27. The first-order valence-electron chi connectivity index (χ1n) is 10.9. The van der Waals surface area contributed by atoms with Crippen LogP contribution >= 0.6 is 0 Å². The largest absolute Gasteiger partial charge is 0.496 e. The number of aryl methyl sites for hydroxylation is 1. The fourth-order valence-corrected chi connectivity index (χ4v) is 3.83. The Hall–Kier alpha value is -3.35. The van der Waals surface area contributed by atoms with E-state index in [0.29, 0.717) is 17.9 Å². The zero-order valence-electron chi connectivity index (χ0n) is 19.0. The average molecular weight is 439 g/mol. The highest BCUT2D eigenvalue weighted by atomic mass is 16.5. The summed E-state index contributed by atoms with van der Waals surface area (Å²) in [6.45, 7) is 5.76. The minimum Gasteiger partial charge on any atom is -0.496 e. The summed E-state index contributed by atoms with van der Waals surface area (Å²) < 4.78 is 10.8. The Morgan fingerprint density at radius 1 is 1.00 bits per heavy atom. The zero-order chi connectivity index (χ0) is 23.3. The second-order valence-corrected chi connectivity index (χ2v) is 8.20. The molecule has 7 heteroatoms. The van der Waals surface area contributed by atoms with Crippen molar-refractivity contribution in [1.82, 2.24) is 5.32 Å². The number of benzene rings is 2. The maximum Gasteiger partial charge on any atom is 0.329 e. The van der Waals surface area contributed by atoms with Crippen LogP contribution in [0.1, 0.15) is 43.1 Å². The van der Waals surface area contributed by atoms with E-state index in [0.717, 1.165) is 24.1 Å². The molecule has 1 heterocycles. The molecule has 0 saturated heterocycles. The molecule has 1 aliphatic heterocycles. The topological polar surface area (TPSA) is 84.9 Å². The molecule has 0 bridgehead atoms. The predicted molar refractivity (Wildman–Crippen MR) is 122 cm³/mol. The van der Waals surface area contributed by atoms with Crippen LogP contribution in [-0.2, 0) is 20.7 Å². The van der Waals surface area contributed by atoms with E-state index in [1.807, 2.05) is 38.1 Å². The number of hydrogen-bond acceptors (Lipinski definition) is 5. The Kier molecular flexibility index (Phi) is 7.51. The number of amides is 2. The highest BCUT2D eigenvalue weighted by molar-refractivity contribution is 6.00. The summed E-state index contributed by atoms with van der Waals surface area (Å²) in [7, 11) is 1.48. The number of hydrogen-bond donors (Lipinski definition) is 1. The minimum absolute atomic E-state index is 0.237. The van der Waals surface area contributed by atoms with Gasteiger partial charge < -0.3 is 19.7 Å². The monoisotopic (exact) mass is 438 g/mol. The van der Waals surface area contributed by atoms with Crippen molar-refractivity contribution in [2.24, 2.45) is 5.92 Å². The van der Waals surface area contributed by atoms with Crippen molar-refractivity contribution in [3.63, 3.8) is 0 Å². The maximum atomic E-state index is 13.1. The van der Waals surface area contributed by atoms with Crippen LogP contribution in [0.15, 0.2) is 48.5 Å². The van der Waals surface area contributed by atoms with Gasteiger partial charge in [0.25, 0.3) is 11.8 Å². The van der Waals surface area contributed by atoms with Gasteiger partial charge in [-0.25, -0.2) is 4.79 Å². The zero-order valence-corrected chi connectivity index (χ0v) is 19.0. The second kappa shape index (κ2) is 10.3. The van der Waals surface area contributed by atoms with Crippen molar-refractivity contribution in [2.75, 3.05) is 18.6 Å². The number of carbonyl (C=O) groups excluding carboxylic acids is 3. The molecule has 2 aromatic carbocycles. The van der Waals surface area contributed by atoms with Gasteiger partial charge in [-0.05, 0) is 49.4 Å². The molecule has 0 aromatic heterocycles. The number of anilines is 1. The van der Waals surface area contributed by atoms with Gasteiger partial charge >= 0.3 is 5.97 Å². The number of esters is 1. The van der Waals surface area contributed by atoms with Crippen LogP contribution in [0, 0.1) is 5.92 Å². The van der Waals surface area contributed by atoms with Crippen LogP contribution in [0.5, 0.6) is 5.75 Å². The van der Waals surface area contributed by atoms with Crippen molar-refractivity contribution >= 4 is 23.5 Å². The summed E-state index contributed by atoms with van der Waals surface area (Å²) in [5, 5.41) is 2.73. The number of fused-ring (bicyclic) bond motifs is 1. The molecule has 1 aliphatic rings. The Bertz CT molecular complexity index is 988. The fraction of sp³-hybridized carbons (Fsp3) is 0.400. The summed E-state index contributed by atoms with van der Waals surface area (Å²) in [5.41, 5.74) is 2.29. The first-order valence-corrected chi connectivity index (χ1v) is 10.9. The Morgan fingerprint density at radius 3 is 2.41 bits per heavy atom. The van der Waals surface area contributed by atoms with Gasteiger partial charge in [-0.1, -0.05) is 44.2 Å². The molecule has 3 rings (SSSR count). The van der Waals surface area contributed by atoms with Crippen molar-refractivity contribution in [3.05, 3.63) is 59.7 Å². The third kappa shape index (κ3) is 5.10. The first kappa shape index (κ1) is 23.3. The van der Waals surface area contributed by atoms with Crippen LogP contribution in [0.4, 0.5) is 5.69 Å². The second-order valence-electron chi connectivity index (χ2n) is 8.20. The van der Waals surface area contributed by atoms with Gasteiger partial charge in [-0.2, -0.15) is 0 Å². The molecule has 2 amide bonds. The molecule has 0 radical (unpaired) electrons. The number of ether oxygens (including phenoxy) is 2. The Labute approximate surface area is 188 Å². The summed E-state index contributed by atoms with van der Waals surface area (Å²) in [6, 6.07) is 13.6. The van der Waals surface area contributed by atoms with Crippen LogP contribution in [0.25, 0.3) is 0 Å². The molecule has 1 N–H and O–H groups in total. The summed E-state index contributed by atoms with van der Waals surface area (Å²) in [5.74, 6) is -1.19. The summed E-state index contributed by atoms with van der Waals surface area (Å²) in [6.07, 6.45) is 0.795. The van der Waals surface area contributed by atoms with Crippen molar-refractivity contribution in [1.29, 1.82) is 0 Å². The molecule has 2 aromatic rings. The predicted octanol–water partition coefficient (Wildman–Crippen LogP) is 3.36. The molecular weight excluding hydrogens is 408 g/mol. The maximum absolute atomic E-state index is 13.1. The molecule has 0 saturated carbocycles. The third-order valence-electron chi connectivity index (χ3n) is 5.58. The lowest BCUT2D eigenvalue weighted by atomic mass is 10.0. The number of para-hydroxylation sites is 2. The van der Waals surface area contributed by atoms with Gasteiger partial charge in [0.05, 0.1) is 12.7 Å². The standard InChI is InChI=1S/C25H30N2O5/c1-16(2)22(26-23(28)19-12-6-8-14-21(19)31-4)25(30)32-17(3)24(29)27-15-9-11-18-10-5-7-13-20(18)27/h5-8,10,12-14,16-17,22H,9,11,15H2,1-4H3,(H,26,28). The van der Waals surface area contributed by atoms with E-state index in [9.17, 15) is 14.4 Å². The average Bonchev–Trinajstić information content (AvgIpc) is 2.81. The third-order valence-corrected chi connectivity index (χ3v) is 5.58. The lowest BCUT2D eigenvalue weighted by molar-refractivity contribution is -0.156. The van der Waals surface area contributed by atoms with Crippen molar-refractivity contribution in [3.8, 4) is 5.75 Å². The number of methoxy groups -OCH3 is 1. The van der Waals surface area contributed by atoms with Gasteiger partial charge in [0, 0.05) is 12.2 Å². The molecule has 32 heavy (non-hydrogen) atoms. The SMILES string of the molecule is COc1ccccc1C(=O)NC(C(=O)OC(C)C(=O)N1CCCc2ccccc21)C(C)C. The van der Waals surface area contributed by atoms with Crippen LogP contribution in [0.3, 0.4) is 0 Å². The Balaban J connectivity index is 1.69. The van der Waals surface area contributed by atoms with Crippen LogP contribution in [-0.4, -0.2) is 43.6 Å². The Morgan fingerprint density at radius 2 is 1.69 bits per heavy atom. The molecular formula is C25H30N2O5. The van der Waals surface area contributed by atoms with Crippen LogP contribution < -0.4 is 15.0 Å². The van der Waals surface area contributed by atoms with Gasteiger partial charge in [-0.3, -0.25) is 9.59 Å². The molecule has 0 aliphatic carbocycles. The fourth-order valence-electron chi connectivity index (χ4n) is 3.83. The highest BCUT2D eigenvalue weighted by Gasteiger charge is 2.32. The summed E-state index contributed by atoms with van der Waals surface area (Å²) in [4.78, 5) is 40.4. The van der Waals surface area contributed by atoms with Gasteiger partial charge in [0.2, 0.25) is 0 Å². The van der Waals surface area contributed by atoms with Gasteiger partial charge in [0.15, 0.2) is 6.10 Å².